The fourth-order valence-corrected chi connectivity index (χ4v) is 4.71. The Morgan fingerprint density at radius 3 is 2.62 bits per heavy atom. The highest BCUT2D eigenvalue weighted by molar-refractivity contribution is 6.09. The maximum Gasteiger partial charge on any atom is 0.410 e. The monoisotopic (exact) mass is 469 g/mol. The number of hydrazone groups is 1. The van der Waals surface area contributed by atoms with Gasteiger partial charge < -0.3 is 14.5 Å². The molecule has 10 nitrogen and oxygen atoms in total. The molecular formula is C24H33N6O4+. The van der Waals surface area contributed by atoms with Crippen molar-refractivity contribution in [3.05, 3.63) is 23.8 Å². The first-order valence-electron chi connectivity index (χ1n) is 12.0. The Kier molecular flexibility index (Phi) is 5.79. The van der Waals surface area contributed by atoms with Crippen molar-refractivity contribution in [2.24, 2.45) is 21.9 Å². The lowest BCUT2D eigenvalue weighted by molar-refractivity contribution is -0.577. The number of carbonyl (C=O) groups excluding carboxylic acids is 2. The summed E-state index contributed by atoms with van der Waals surface area (Å²) >= 11 is 0. The number of fused-ring (bicyclic) bond motifs is 1. The zero-order valence-electron chi connectivity index (χ0n) is 20.2. The van der Waals surface area contributed by atoms with Crippen LogP contribution in [0.5, 0.6) is 0 Å². The maximum atomic E-state index is 12.3. The van der Waals surface area contributed by atoms with Crippen LogP contribution < -0.4 is 5.48 Å². The summed E-state index contributed by atoms with van der Waals surface area (Å²) in [5, 5.41) is 4.76. The van der Waals surface area contributed by atoms with Crippen molar-refractivity contribution in [1.82, 2.24) is 15.3 Å². The summed E-state index contributed by atoms with van der Waals surface area (Å²) in [6, 6.07) is 0.243. The first kappa shape index (κ1) is 22.8. The Hall–Kier alpha value is -3.01. The van der Waals surface area contributed by atoms with Crippen molar-refractivity contribution in [3.8, 4) is 0 Å². The molecule has 1 N–H and O–H groups in total. The van der Waals surface area contributed by atoms with Crippen LogP contribution in [0.4, 0.5) is 4.79 Å². The second-order valence-electron chi connectivity index (χ2n) is 10.5. The number of aliphatic imine (C=N–C) groups is 1. The number of amidine groups is 1. The van der Waals surface area contributed by atoms with E-state index in [-0.39, 0.29) is 29.9 Å². The number of nitrogens with zero attached hydrogens (tertiary/aromatic N) is 5. The van der Waals surface area contributed by atoms with Crippen LogP contribution in [-0.4, -0.2) is 88.3 Å². The number of ether oxygens (including phenoxy) is 1. The van der Waals surface area contributed by atoms with Gasteiger partial charge >= 0.3 is 6.09 Å². The van der Waals surface area contributed by atoms with Gasteiger partial charge in [0.15, 0.2) is 6.21 Å². The minimum Gasteiger partial charge on any atom is -0.444 e. The molecule has 2 saturated heterocycles. The van der Waals surface area contributed by atoms with Crippen LogP contribution in [0.1, 0.15) is 40.5 Å². The van der Waals surface area contributed by atoms with Gasteiger partial charge in [-0.25, -0.2) is 14.6 Å². The third-order valence-electron chi connectivity index (χ3n) is 6.73. The van der Waals surface area contributed by atoms with Crippen molar-refractivity contribution in [2.75, 3.05) is 26.2 Å². The lowest BCUT2D eigenvalue weighted by atomic mass is 9.94. The maximum absolute atomic E-state index is 12.3. The summed E-state index contributed by atoms with van der Waals surface area (Å²) < 4.78 is 7.47. The SMILES string of the molecule is CC(=O)N1CC([N+]2=CC3C=CC(C4N=C(C5CCN(C(=O)OC(C)(C)C)CC5)NO4)=CC3=N2)C1. The van der Waals surface area contributed by atoms with Crippen molar-refractivity contribution < 1.29 is 23.8 Å². The van der Waals surface area contributed by atoms with E-state index < -0.39 is 11.8 Å². The molecule has 0 radical (unpaired) electrons. The van der Waals surface area contributed by atoms with E-state index in [1.807, 2.05) is 36.4 Å². The van der Waals surface area contributed by atoms with Crippen LogP contribution in [0.15, 0.2) is 33.9 Å². The Balaban J connectivity index is 1.17. The third kappa shape index (κ3) is 4.64. The summed E-state index contributed by atoms with van der Waals surface area (Å²) in [5.74, 6) is 1.31. The van der Waals surface area contributed by atoms with Gasteiger partial charge in [-0.2, -0.15) is 0 Å². The van der Waals surface area contributed by atoms with Crippen LogP contribution in [0.25, 0.3) is 0 Å². The van der Waals surface area contributed by atoms with Crippen molar-refractivity contribution >= 4 is 29.8 Å². The summed E-state index contributed by atoms with van der Waals surface area (Å²) in [6.07, 6.45) is 9.29. The molecule has 0 aromatic carbocycles. The molecule has 2 amide bonds. The summed E-state index contributed by atoms with van der Waals surface area (Å²) in [4.78, 5) is 37.9. The highest BCUT2D eigenvalue weighted by Gasteiger charge is 2.42. The molecule has 0 saturated carbocycles. The third-order valence-corrected chi connectivity index (χ3v) is 6.73. The highest BCUT2D eigenvalue weighted by atomic mass is 16.7. The number of rotatable bonds is 3. The molecule has 2 atom stereocenters. The van der Waals surface area contributed by atoms with Crippen LogP contribution in [-0.2, 0) is 14.4 Å². The summed E-state index contributed by atoms with van der Waals surface area (Å²) in [6.45, 7) is 9.94. The van der Waals surface area contributed by atoms with Gasteiger partial charge in [0.2, 0.25) is 18.2 Å². The molecule has 2 fully saturated rings. The lowest BCUT2D eigenvalue weighted by Gasteiger charge is -2.33. The van der Waals surface area contributed by atoms with Crippen LogP contribution in [0.2, 0.25) is 0 Å². The van der Waals surface area contributed by atoms with Gasteiger partial charge in [-0.1, -0.05) is 16.8 Å². The number of hydroxylamine groups is 1. The molecule has 0 spiro atoms. The van der Waals surface area contributed by atoms with Gasteiger partial charge in [0, 0.05) is 31.5 Å². The zero-order chi connectivity index (χ0) is 24.0. The first-order valence-corrected chi connectivity index (χ1v) is 12.0. The lowest BCUT2D eigenvalue weighted by Crippen LogP contribution is -2.56. The Bertz CT molecular complexity index is 1020. The van der Waals surface area contributed by atoms with Gasteiger partial charge in [-0.3, -0.25) is 10.3 Å². The predicted octanol–water partition coefficient (Wildman–Crippen LogP) is 1.69. The van der Waals surface area contributed by atoms with Crippen molar-refractivity contribution in [3.63, 3.8) is 0 Å². The fraction of sp³-hybridized carbons (Fsp3) is 0.625. The standard InChI is InChI=1S/C24H33N6O4/c1-15(31)29-13-19(14-29)30-12-18-6-5-17(11-20(18)26-30)22-25-21(27-34-22)16-7-9-28(10-8-16)23(32)33-24(2,3)4/h5-6,11-12,16,18-19,22H,7-10,13-14H2,1-4H3,(H,25,27)/q+1. The molecule has 34 heavy (non-hydrogen) atoms. The van der Waals surface area contributed by atoms with E-state index in [0.29, 0.717) is 26.2 Å². The molecular weight excluding hydrogens is 436 g/mol. The van der Waals surface area contributed by atoms with E-state index in [4.69, 9.17) is 19.7 Å². The first-order chi connectivity index (χ1) is 16.2. The van der Waals surface area contributed by atoms with Crippen LogP contribution in [0, 0.1) is 11.8 Å². The number of nitrogens with one attached hydrogen (secondary N) is 1. The minimum atomic E-state index is -0.489. The van der Waals surface area contributed by atoms with E-state index >= 15 is 0 Å². The summed E-state index contributed by atoms with van der Waals surface area (Å²) in [7, 11) is 0. The second-order valence-corrected chi connectivity index (χ2v) is 10.5. The smallest absolute Gasteiger partial charge is 0.410 e. The van der Waals surface area contributed by atoms with Crippen molar-refractivity contribution in [1.29, 1.82) is 0 Å². The normalized spacial score (nSPS) is 27.3. The van der Waals surface area contributed by atoms with Gasteiger partial charge in [0.25, 0.3) is 0 Å². The van der Waals surface area contributed by atoms with Gasteiger partial charge in [0.1, 0.15) is 23.1 Å². The van der Waals surface area contributed by atoms with E-state index in [1.165, 1.54) is 0 Å². The average molecular weight is 470 g/mol. The molecule has 4 heterocycles. The number of hydrogen-bond donors (Lipinski definition) is 1. The van der Waals surface area contributed by atoms with Gasteiger partial charge in [-0.15, -0.1) is 0 Å². The number of likely N-dealkylation sites (tertiary alicyclic amines) is 2. The van der Waals surface area contributed by atoms with E-state index in [9.17, 15) is 9.59 Å². The molecule has 0 aromatic rings. The number of carbonyl (C=O) groups is 2. The number of allylic oxidation sites excluding steroid dienone is 2. The topological polar surface area (TPSA) is 98.8 Å². The zero-order valence-corrected chi connectivity index (χ0v) is 20.2. The molecule has 10 heteroatoms. The molecule has 0 bridgehead atoms. The predicted molar refractivity (Wildman–Crippen MR) is 126 cm³/mol. The Labute approximate surface area is 199 Å². The van der Waals surface area contributed by atoms with E-state index in [2.05, 4.69) is 23.8 Å². The molecule has 0 aromatic heterocycles. The molecule has 182 valence electrons. The number of hydrogen-bond acceptors (Lipinski definition) is 7. The second kappa shape index (κ2) is 8.65. The van der Waals surface area contributed by atoms with E-state index in [0.717, 1.165) is 30.0 Å². The Morgan fingerprint density at radius 2 is 1.94 bits per heavy atom. The Morgan fingerprint density at radius 1 is 1.21 bits per heavy atom. The largest absolute Gasteiger partial charge is 0.444 e. The quantitative estimate of drug-likeness (QED) is 0.635. The number of amides is 2. The summed E-state index contributed by atoms with van der Waals surface area (Å²) in [5.41, 5.74) is 4.46. The molecule has 5 aliphatic rings. The molecule has 5 rings (SSSR count). The van der Waals surface area contributed by atoms with Crippen LogP contribution >= 0.6 is 0 Å². The van der Waals surface area contributed by atoms with Crippen LogP contribution in [0.3, 0.4) is 0 Å². The molecule has 1 aliphatic carbocycles. The van der Waals surface area contributed by atoms with Gasteiger partial charge in [-0.05, 0) is 44.8 Å². The number of piperidine rings is 1. The fourth-order valence-electron chi connectivity index (χ4n) is 4.71. The minimum absolute atomic E-state index is 0.109. The van der Waals surface area contributed by atoms with E-state index in [1.54, 1.807) is 11.8 Å². The van der Waals surface area contributed by atoms with Gasteiger partial charge in [0.05, 0.1) is 13.1 Å². The van der Waals surface area contributed by atoms with Crippen molar-refractivity contribution in [2.45, 2.75) is 58.4 Å². The molecule has 4 aliphatic heterocycles. The molecule has 2 unspecified atom stereocenters. The highest BCUT2D eigenvalue weighted by Crippen LogP contribution is 2.27. The average Bonchev–Trinajstić information content (AvgIpc) is 3.38.